The van der Waals surface area contributed by atoms with Crippen LogP contribution in [-0.2, 0) is 0 Å². The van der Waals surface area contributed by atoms with Crippen molar-refractivity contribution in [1.29, 1.82) is 0 Å². The van der Waals surface area contributed by atoms with E-state index in [4.69, 9.17) is 92.8 Å². The Balaban J connectivity index is 3.03. The number of benzene rings is 2. The molecule has 0 aromatic heterocycles. The van der Waals surface area contributed by atoms with E-state index in [1.54, 1.807) is 0 Å². The minimum atomic E-state index is -0.514. The van der Waals surface area contributed by atoms with Gasteiger partial charge in [0.25, 0.3) is 0 Å². The topological polar surface area (TPSA) is 40.5 Å². The van der Waals surface area contributed by atoms with Gasteiger partial charge in [-0.1, -0.05) is 92.8 Å². The second-order valence-electron chi connectivity index (χ2n) is 3.96. The molecule has 0 heterocycles. The number of hydrogen-bond donors (Lipinski definition) is 2. The van der Waals surface area contributed by atoms with E-state index in [1.165, 1.54) is 0 Å². The molecule has 0 amide bonds. The Kier molecular flexibility index (Phi) is 5.69. The molecule has 0 atom stereocenters. The molecule has 2 aromatic rings. The van der Waals surface area contributed by atoms with Gasteiger partial charge in [-0.25, -0.2) is 0 Å². The molecular formula is C12H2Cl8O2. The molecule has 22 heavy (non-hydrogen) atoms. The van der Waals surface area contributed by atoms with E-state index in [1.807, 2.05) is 0 Å². The van der Waals surface area contributed by atoms with Crippen LogP contribution in [0.1, 0.15) is 0 Å². The highest BCUT2D eigenvalue weighted by molar-refractivity contribution is 6.55. The van der Waals surface area contributed by atoms with Crippen LogP contribution in [-0.4, -0.2) is 10.2 Å². The third-order valence-electron chi connectivity index (χ3n) is 2.73. The predicted molar refractivity (Wildman–Crippen MR) is 95.3 cm³/mol. The molecule has 2 N–H and O–H groups in total. The average molecular weight is 462 g/mol. The molecule has 0 aliphatic carbocycles. The van der Waals surface area contributed by atoms with Crippen molar-refractivity contribution in [2.45, 2.75) is 0 Å². The van der Waals surface area contributed by atoms with Gasteiger partial charge < -0.3 is 10.2 Å². The van der Waals surface area contributed by atoms with E-state index >= 15 is 0 Å². The van der Waals surface area contributed by atoms with Gasteiger partial charge in [-0.2, -0.15) is 0 Å². The lowest BCUT2D eigenvalue weighted by Gasteiger charge is -2.17. The van der Waals surface area contributed by atoms with Crippen LogP contribution in [0.3, 0.4) is 0 Å². The Bertz CT molecular complexity index is 677. The molecule has 0 unspecified atom stereocenters. The van der Waals surface area contributed by atoms with Crippen molar-refractivity contribution in [3.63, 3.8) is 0 Å². The first-order chi connectivity index (χ1) is 10.1. The summed E-state index contributed by atoms with van der Waals surface area (Å²) in [6, 6.07) is 0. The molecule has 2 aromatic carbocycles. The summed E-state index contributed by atoms with van der Waals surface area (Å²) in [7, 11) is 0. The molecule has 0 radical (unpaired) electrons. The predicted octanol–water partition coefficient (Wildman–Crippen LogP) is 7.99. The molecule has 0 fully saturated rings. The molecule has 0 bridgehead atoms. The minimum absolute atomic E-state index is 0.000000000000000666. The van der Waals surface area contributed by atoms with E-state index in [9.17, 15) is 10.2 Å². The number of aromatic hydroxyl groups is 2. The molecule has 0 saturated heterocycles. The zero-order valence-electron chi connectivity index (χ0n) is 9.92. The van der Waals surface area contributed by atoms with Gasteiger partial charge in [-0.15, -0.1) is 0 Å². The van der Waals surface area contributed by atoms with Gasteiger partial charge in [-0.05, 0) is 0 Å². The second kappa shape index (κ2) is 6.70. The molecule has 2 nitrogen and oxygen atoms in total. The summed E-state index contributed by atoms with van der Waals surface area (Å²) in [5.74, 6) is -1.02. The fourth-order valence-corrected chi connectivity index (χ4v) is 3.80. The average Bonchev–Trinajstić information content (AvgIpc) is 2.50. The lowest BCUT2D eigenvalue weighted by molar-refractivity contribution is 0.476. The van der Waals surface area contributed by atoms with E-state index in [2.05, 4.69) is 0 Å². The van der Waals surface area contributed by atoms with Gasteiger partial charge in [0.05, 0.1) is 25.1 Å². The molecule has 2 rings (SSSR count). The van der Waals surface area contributed by atoms with E-state index < -0.39 is 11.5 Å². The fraction of sp³-hybridized carbons (Fsp3) is 0. The molecular weight excluding hydrogens is 460 g/mol. The molecule has 0 spiro atoms. The largest absolute Gasteiger partial charge is 0.505 e. The highest BCUT2D eigenvalue weighted by Crippen LogP contribution is 2.56. The van der Waals surface area contributed by atoms with Crippen LogP contribution in [0.4, 0.5) is 0 Å². The number of hydrogen-bond acceptors (Lipinski definition) is 2. The molecule has 10 heteroatoms. The Hall–Kier alpha value is 0.360. The van der Waals surface area contributed by atoms with Gasteiger partial charge in [0, 0.05) is 11.1 Å². The number of phenolic OH excluding ortho intramolecular Hbond substituents is 2. The van der Waals surface area contributed by atoms with Gasteiger partial charge in [0.1, 0.15) is 15.1 Å². The SMILES string of the molecule is Oc1c(Cl)c(Cl)c(-c2c(Cl)c(O)c(Cl)c(Cl)c2Cl)c(Cl)c1Cl. The lowest BCUT2D eigenvalue weighted by Crippen LogP contribution is -1.91. The highest BCUT2D eigenvalue weighted by atomic mass is 35.5. The Morgan fingerprint density at radius 2 is 0.636 bits per heavy atom. The van der Waals surface area contributed by atoms with Crippen LogP contribution in [0.2, 0.25) is 40.2 Å². The van der Waals surface area contributed by atoms with Crippen molar-refractivity contribution in [1.82, 2.24) is 0 Å². The third-order valence-corrected chi connectivity index (χ3v) is 6.10. The monoisotopic (exact) mass is 458 g/mol. The van der Waals surface area contributed by atoms with Gasteiger partial charge in [-0.3, -0.25) is 0 Å². The number of halogens is 8. The van der Waals surface area contributed by atoms with Crippen LogP contribution in [0.15, 0.2) is 0 Å². The summed E-state index contributed by atoms with van der Waals surface area (Å²) >= 11 is 47.9. The zero-order chi connectivity index (χ0) is 16.9. The van der Waals surface area contributed by atoms with Crippen molar-refractivity contribution in [2.75, 3.05) is 0 Å². The van der Waals surface area contributed by atoms with Gasteiger partial charge in [0.15, 0.2) is 11.5 Å². The van der Waals surface area contributed by atoms with Crippen molar-refractivity contribution in [3.05, 3.63) is 40.2 Å². The normalized spacial score (nSPS) is 11.1. The Morgan fingerprint density at radius 3 is 1.09 bits per heavy atom. The number of rotatable bonds is 1. The number of phenols is 2. The highest BCUT2D eigenvalue weighted by Gasteiger charge is 2.28. The summed E-state index contributed by atoms with van der Waals surface area (Å²) in [5, 5.41) is 18.0. The van der Waals surface area contributed by atoms with E-state index in [0.717, 1.165) is 0 Å². The first-order valence-electron chi connectivity index (χ1n) is 5.21. The zero-order valence-corrected chi connectivity index (χ0v) is 16.0. The minimum Gasteiger partial charge on any atom is -0.505 e. The standard InChI is InChI=1S/C12H2Cl8O2/c13-3-2(6(16)11(21)10(20)7(3)17)1-4(14)8(18)12(22)9(19)5(1)15/h21-22H. The van der Waals surface area contributed by atoms with Crippen LogP contribution >= 0.6 is 92.8 Å². The summed E-state index contributed by atoms with van der Waals surface area (Å²) in [6.45, 7) is 0. The van der Waals surface area contributed by atoms with Crippen molar-refractivity contribution < 1.29 is 10.2 Å². The first kappa shape index (κ1) is 18.7. The summed E-state index contributed by atoms with van der Waals surface area (Å²) in [4.78, 5) is 0. The Morgan fingerprint density at radius 1 is 0.364 bits per heavy atom. The smallest absolute Gasteiger partial charge is 0.155 e. The summed E-state index contributed by atoms with van der Waals surface area (Å²) < 4.78 is 0. The summed E-state index contributed by atoms with van der Waals surface area (Å²) in [6.07, 6.45) is 0. The quantitative estimate of drug-likeness (QED) is 0.334. The van der Waals surface area contributed by atoms with Crippen molar-refractivity contribution in [3.8, 4) is 22.6 Å². The fourth-order valence-electron chi connectivity index (χ4n) is 1.68. The maximum Gasteiger partial charge on any atom is 0.155 e. The molecule has 0 aliphatic heterocycles. The van der Waals surface area contributed by atoms with Crippen molar-refractivity contribution >= 4 is 92.8 Å². The first-order valence-corrected chi connectivity index (χ1v) is 8.23. The third kappa shape index (κ3) is 2.78. The molecule has 118 valence electrons. The van der Waals surface area contributed by atoms with Gasteiger partial charge in [0.2, 0.25) is 0 Å². The van der Waals surface area contributed by atoms with Crippen LogP contribution < -0.4 is 0 Å². The second-order valence-corrected chi connectivity index (χ2v) is 6.98. The maximum absolute atomic E-state index is 9.92. The van der Waals surface area contributed by atoms with Crippen LogP contribution in [0.25, 0.3) is 11.1 Å². The molecule has 0 aliphatic rings. The van der Waals surface area contributed by atoms with Crippen molar-refractivity contribution in [2.24, 2.45) is 0 Å². The van der Waals surface area contributed by atoms with Crippen LogP contribution in [0.5, 0.6) is 11.5 Å². The lowest BCUT2D eigenvalue weighted by atomic mass is 10.0. The van der Waals surface area contributed by atoms with Gasteiger partial charge >= 0.3 is 0 Å². The van der Waals surface area contributed by atoms with E-state index in [-0.39, 0.29) is 51.3 Å². The van der Waals surface area contributed by atoms with Crippen LogP contribution in [0, 0.1) is 0 Å². The summed E-state index contributed by atoms with van der Waals surface area (Å²) in [5.41, 5.74) is -0.0194. The Labute approximate surface area is 165 Å². The molecule has 0 saturated carbocycles. The van der Waals surface area contributed by atoms with E-state index in [0.29, 0.717) is 0 Å². The maximum atomic E-state index is 9.92.